The molecule has 0 heterocycles. The van der Waals surface area contributed by atoms with Crippen LogP contribution in [0.25, 0.3) is 11.1 Å². The molecule has 0 aliphatic rings. The van der Waals surface area contributed by atoms with Crippen molar-refractivity contribution in [2.45, 2.75) is 0 Å². The van der Waals surface area contributed by atoms with E-state index in [1.54, 1.807) is 0 Å². The zero-order valence-electron chi connectivity index (χ0n) is 8.48. The number of nitrogen functional groups attached to an aromatic ring is 1. The van der Waals surface area contributed by atoms with Gasteiger partial charge in [-0.05, 0) is 24.3 Å². The zero-order chi connectivity index (χ0) is 12.6. The summed E-state index contributed by atoms with van der Waals surface area (Å²) in [6, 6.07) is 5.28. The van der Waals surface area contributed by atoms with Gasteiger partial charge in [-0.3, -0.25) is 0 Å². The fourth-order valence-electron chi connectivity index (χ4n) is 1.55. The standard InChI is InChI=1S/C12H7ClF3N/c13-8-5-6(14)4-7(12(8)17)11-9(15)2-1-3-10(11)16/h1-5H,17H2. The van der Waals surface area contributed by atoms with Crippen LogP contribution in [0.4, 0.5) is 18.9 Å². The van der Waals surface area contributed by atoms with E-state index in [1.807, 2.05) is 0 Å². The van der Waals surface area contributed by atoms with Crippen LogP contribution in [0.3, 0.4) is 0 Å². The van der Waals surface area contributed by atoms with Crippen molar-refractivity contribution < 1.29 is 13.2 Å². The van der Waals surface area contributed by atoms with Crippen molar-refractivity contribution >= 4 is 17.3 Å². The number of nitrogens with two attached hydrogens (primary N) is 1. The number of halogens is 4. The maximum atomic E-state index is 13.5. The Kier molecular flexibility index (Phi) is 2.98. The van der Waals surface area contributed by atoms with E-state index in [1.165, 1.54) is 6.07 Å². The predicted molar refractivity (Wildman–Crippen MR) is 61.2 cm³/mol. The molecule has 0 aliphatic heterocycles. The van der Waals surface area contributed by atoms with E-state index in [-0.39, 0.29) is 21.8 Å². The molecule has 0 amide bonds. The third-order valence-electron chi connectivity index (χ3n) is 2.33. The van der Waals surface area contributed by atoms with Gasteiger partial charge >= 0.3 is 0 Å². The smallest absolute Gasteiger partial charge is 0.134 e. The van der Waals surface area contributed by atoms with Gasteiger partial charge in [0.05, 0.1) is 16.3 Å². The summed E-state index contributed by atoms with van der Waals surface area (Å²) < 4.78 is 40.2. The Morgan fingerprint density at radius 3 is 2.18 bits per heavy atom. The van der Waals surface area contributed by atoms with Crippen LogP contribution in [-0.2, 0) is 0 Å². The lowest BCUT2D eigenvalue weighted by Gasteiger charge is -2.09. The highest BCUT2D eigenvalue weighted by molar-refractivity contribution is 6.33. The average Bonchev–Trinajstić information content (AvgIpc) is 2.24. The molecule has 2 aromatic carbocycles. The monoisotopic (exact) mass is 257 g/mol. The van der Waals surface area contributed by atoms with Crippen LogP contribution in [0.15, 0.2) is 30.3 Å². The molecule has 2 aromatic rings. The molecule has 0 spiro atoms. The summed E-state index contributed by atoms with van der Waals surface area (Å²) in [6.45, 7) is 0. The van der Waals surface area contributed by atoms with E-state index in [4.69, 9.17) is 17.3 Å². The first-order valence-corrected chi connectivity index (χ1v) is 5.07. The molecule has 5 heteroatoms. The topological polar surface area (TPSA) is 26.0 Å². The average molecular weight is 258 g/mol. The molecule has 0 aliphatic carbocycles. The van der Waals surface area contributed by atoms with Crippen molar-refractivity contribution in [3.8, 4) is 11.1 Å². The molecule has 2 N–H and O–H groups in total. The van der Waals surface area contributed by atoms with Gasteiger partial charge in [0, 0.05) is 5.56 Å². The highest BCUT2D eigenvalue weighted by Crippen LogP contribution is 2.35. The van der Waals surface area contributed by atoms with Crippen LogP contribution in [-0.4, -0.2) is 0 Å². The lowest BCUT2D eigenvalue weighted by atomic mass is 10.0. The molecular formula is C12H7ClF3N. The second-order valence-electron chi connectivity index (χ2n) is 3.45. The minimum absolute atomic E-state index is 0.0583. The van der Waals surface area contributed by atoms with Gasteiger partial charge in [0.15, 0.2) is 0 Å². The van der Waals surface area contributed by atoms with Gasteiger partial charge in [-0.15, -0.1) is 0 Å². The number of benzene rings is 2. The summed E-state index contributed by atoms with van der Waals surface area (Å²) in [5.41, 5.74) is 5.06. The van der Waals surface area contributed by atoms with Crippen LogP contribution in [0.5, 0.6) is 0 Å². The molecule has 1 nitrogen and oxygen atoms in total. The van der Waals surface area contributed by atoms with Crippen molar-refractivity contribution in [2.75, 3.05) is 5.73 Å². The predicted octanol–water partition coefficient (Wildman–Crippen LogP) is 4.01. The zero-order valence-corrected chi connectivity index (χ0v) is 9.23. The first-order valence-electron chi connectivity index (χ1n) is 4.69. The summed E-state index contributed by atoms with van der Waals surface area (Å²) in [6.07, 6.45) is 0. The highest BCUT2D eigenvalue weighted by Gasteiger charge is 2.16. The maximum absolute atomic E-state index is 13.5. The van der Waals surface area contributed by atoms with Crippen LogP contribution in [0.1, 0.15) is 0 Å². The molecule has 0 saturated carbocycles. The van der Waals surface area contributed by atoms with Crippen molar-refractivity contribution in [2.24, 2.45) is 0 Å². The number of rotatable bonds is 1. The van der Waals surface area contributed by atoms with Gasteiger partial charge in [-0.25, -0.2) is 13.2 Å². The fraction of sp³-hybridized carbons (Fsp3) is 0. The molecule has 0 bridgehead atoms. The van der Waals surface area contributed by atoms with Gasteiger partial charge in [0.2, 0.25) is 0 Å². The second-order valence-corrected chi connectivity index (χ2v) is 3.85. The maximum Gasteiger partial charge on any atom is 0.134 e. The normalized spacial score (nSPS) is 10.6. The lowest BCUT2D eigenvalue weighted by molar-refractivity contribution is 0.589. The Morgan fingerprint density at radius 1 is 1.00 bits per heavy atom. The molecule has 88 valence electrons. The van der Waals surface area contributed by atoms with Gasteiger partial charge in [0.25, 0.3) is 0 Å². The highest BCUT2D eigenvalue weighted by atomic mass is 35.5. The van der Waals surface area contributed by atoms with E-state index in [0.717, 1.165) is 24.3 Å². The molecular weight excluding hydrogens is 251 g/mol. The summed E-state index contributed by atoms with van der Waals surface area (Å²) in [5.74, 6) is -2.35. The molecule has 0 atom stereocenters. The minimum Gasteiger partial charge on any atom is -0.397 e. The third-order valence-corrected chi connectivity index (χ3v) is 2.64. The third kappa shape index (κ3) is 2.08. The van der Waals surface area contributed by atoms with Crippen molar-refractivity contribution in [3.05, 3.63) is 52.8 Å². The molecule has 0 unspecified atom stereocenters. The quantitative estimate of drug-likeness (QED) is 0.768. The Balaban J connectivity index is 2.77. The van der Waals surface area contributed by atoms with Crippen LogP contribution in [0, 0.1) is 17.5 Å². The van der Waals surface area contributed by atoms with Crippen molar-refractivity contribution in [1.29, 1.82) is 0 Å². The SMILES string of the molecule is Nc1c(Cl)cc(F)cc1-c1c(F)cccc1F. The summed E-state index contributed by atoms with van der Waals surface area (Å²) in [5, 5.41) is -0.0809. The van der Waals surface area contributed by atoms with Crippen LogP contribution >= 0.6 is 11.6 Å². The number of hydrogen-bond donors (Lipinski definition) is 1. The molecule has 2 rings (SSSR count). The Morgan fingerprint density at radius 2 is 1.59 bits per heavy atom. The first kappa shape index (κ1) is 11.8. The van der Waals surface area contributed by atoms with Crippen LogP contribution < -0.4 is 5.73 Å². The lowest BCUT2D eigenvalue weighted by Crippen LogP contribution is -1.97. The summed E-state index contributed by atoms with van der Waals surface area (Å²) in [4.78, 5) is 0. The van der Waals surface area contributed by atoms with Gasteiger partial charge in [-0.2, -0.15) is 0 Å². The largest absolute Gasteiger partial charge is 0.397 e. The molecule has 0 saturated heterocycles. The number of anilines is 1. The van der Waals surface area contributed by atoms with E-state index < -0.39 is 17.5 Å². The Labute approximate surface area is 101 Å². The Bertz CT molecular complexity index is 564. The number of hydrogen-bond acceptors (Lipinski definition) is 1. The fourth-order valence-corrected chi connectivity index (χ4v) is 1.75. The second kappa shape index (κ2) is 4.30. The van der Waals surface area contributed by atoms with Gasteiger partial charge in [-0.1, -0.05) is 17.7 Å². The Hall–Kier alpha value is -1.68. The first-order chi connectivity index (χ1) is 8.00. The molecule has 0 fully saturated rings. The molecule has 0 aromatic heterocycles. The van der Waals surface area contributed by atoms with Crippen molar-refractivity contribution in [1.82, 2.24) is 0 Å². The summed E-state index contributed by atoms with van der Waals surface area (Å²) in [7, 11) is 0. The van der Waals surface area contributed by atoms with Gasteiger partial charge in [0.1, 0.15) is 17.5 Å². The van der Waals surface area contributed by atoms with E-state index in [0.29, 0.717) is 0 Å². The van der Waals surface area contributed by atoms with Crippen LogP contribution in [0.2, 0.25) is 5.02 Å². The van der Waals surface area contributed by atoms with E-state index >= 15 is 0 Å². The minimum atomic E-state index is -0.821. The van der Waals surface area contributed by atoms with Crippen molar-refractivity contribution in [3.63, 3.8) is 0 Å². The van der Waals surface area contributed by atoms with Gasteiger partial charge < -0.3 is 5.73 Å². The molecule has 0 radical (unpaired) electrons. The molecule has 17 heavy (non-hydrogen) atoms. The van der Waals surface area contributed by atoms with E-state index in [2.05, 4.69) is 0 Å². The van der Waals surface area contributed by atoms with E-state index in [9.17, 15) is 13.2 Å². The summed E-state index contributed by atoms with van der Waals surface area (Å²) >= 11 is 5.66.